The number of ether oxygens (including phenoxy) is 3. The molecule has 0 spiro atoms. The second kappa shape index (κ2) is 15.4. The number of aromatic nitrogens is 2. The first kappa shape index (κ1) is 35.4. The monoisotopic (exact) mass is 734 g/mol. The van der Waals surface area contributed by atoms with Gasteiger partial charge in [0.15, 0.2) is 11.6 Å². The van der Waals surface area contributed by atoms with Crippen molar-refractivity contribution in [2.45, 2.75) is 6.92 Å². The van der Waals surface area contributed by atoms with Crippen molar-refractivity contribution in [3.05, 3.63) is 208 Å². The number of ketones is 2. The summed E-state index contributed by atoms with van der Waals surface area (Å²) in [5.74, 6) is 3.47. The van der Waals surface area contributed by atoms with Gasteiger partial charge in [-0.3, -0.25) is 14.4 Å². The minimum absolute atomic E-state index is 0.0386. The first-order chi connectivity index (χ1) is 27.3. The molecule has 8 heteroatoms. The van der Waals surface area contributed by atoms with Crippen LogP contribution in [0.1, 0.15) is 37.4 Å². The predicted octanol–water partition coefficient (Wildman–Crippen LogP) is 10.7. The summed E-state index contributed by atoms with van der Waals surface area (Å²) in [4.78, 5) is 38.6. The van der Waals surface area contributed by atoms with E-state index in [1.165, 1.54) is 4.68 Å². The van der Waals surface area contributed by atoms with Crippen LogP contribution in [-0.2, 0) is 7.05 Å². The lowest BCUT2D eigenvalue weighted by atomic mass is 10.0. The van der Waals surface area contributed by atoms with E-state index in [0.717, 1.165) is 16.5 Å². The standard InChI is InChI=1S/C48H34N2O6/c1-31-7-9-33(10-8-31)46(51)34-13-23-39(24-14-34)55-41-27-29-42(30-28-41)56-40-25-17-36(18-26-40)47(52)35-15-21-38(22-16-35)54-37-19-11-32(12-20-37)45-43-5-3-4-6-44(43)48(53)50(2)49-45/h3-30H,1-2H3. The van der Waals surface area contributed by atoms with Crippen LogP contribution in [-0.4, -0.2) is 21.3 Å². The summed E-state index contributed by atoms with van der Waals surface area (Å²) in [6.07, 6.45) is 0. The first-order valence-corrected chi connectivity index (χ1v) is 17.9. The van der Waals surface area contributed by atoms with E-state index in [1.807, 2.05) is 73.7 Å². The van der Waals surface area contributed by atoms with E-state index in [2.05, 4.69) is 5.10 Å². The highest BCUT2D eigenvalue weighted by Crippen LogP contribution is 2.30. The number of aryl methyl sites for hydroxylation is 2. The smallest absolute Gasteiger partial charge is 0.274 e. The van der Waals surface area contributed by atoms with Gasteiger partial charge in [0.2, 0.25) is 0 Å². The normalized spacial score (nSPS) is 10.9. The molecule has 7 aromatic carbocycles. The topological polar surface area (TPSA) is 96.7 Å². The Morgan fingerprint density at radius 2 is 0.768 bits per heavy atom. The molecule has 0 saturated carbocycles. The van der Waals surface area contributed by atoms with Crippen molar-refractivity contribution in [1.29, 1.82) is 0 Å². The molecule has 8 nitrogen and oxygen atoms in total. The molecule has 0 aliphatic rings. The molecule has 56 heavy (non-hydrogen) atoms. The number of rotatable bonds is 11. The maximum absolute atomic E-state index is 13.3. The van der Waals surface area contributed by atoms with Gasteiger partial charge in [-0.25, -0.2) is 4.68 Å². The molecule has 8 rings (SSSR count). The van der Waals surface area contributed by atoms with Gasteiger partial charge < -0.3 is 14.2 Å². The second-order valence-corrected chi connectivity index (χ2v) is 13.2. The highest BCUT2D eigenvalue weighted by Gasteiger charge is 2.13. The molecule has 0 unspecified atom stereocenters. The van der Waals surface area contributed by atoms with Crippen LogP contribution < -0.4 is 19.8 Å². The van der Waals surface area contributed by atoms with Gasteiger partial charge in [-0.2, -0.15) is 5.10 Å². The van der Waals surface area contributed by atoms with E-state index in [0.29, 0.717) is 67.8 Å². The van der Waals surface area contributed by atoms with Gasteiger partial charge in [-0.1, -0.05) is 48.0 Å². The SMILES string of the molecule is Cc1ccc(C(=O)c2ccc(Oc3ccc(Oc4ccc(C(=O)c5ccc(Oc6ccc(-c7nn(C)c(=O)c8ccccc78)cc6)cc5)cc4)cc3)cc2)cc1. The lowest BCUT2D eigenvalue weighted by Gasteiger charge is -2.10. The molecule has 0 aliphatic carbocycles. The molecule has 1 aromatic heterocycles. The largest absolute Gasteiger partial charge is 0.457 e. The summed E-state index contributed by atoms with van der Waals surface area (Å²) in [6.45, 7) is 1.99. The Bertz CT molecular complexity index is 2740. The molecule has 0 amide bonds. The Kier molecular flexibility index (Phi) is 9.76. The van der Waals surface area contributed by atoms with Crippen molar-refractivity contribution < 1.29 is 23.8 Å². The molecule has 0 aliphatic heterocycles. The minimum atomic E-state index is -0.141. The summed E-state index contributed by atoms with van der Waals surface area (Å²) in [5.41, 5.74) is 4.82. The Morgan fingerprint density at radius 1 is 0.446 bits per heavy atom. The van der Waals surface area contributed by atoms with E-state index >= 15 is 0 Å². The van der Waals surface area contributed by atoms with Gasteiger partial charge in [0.25, 0.3) is 5.56 Å². The third-order valence-corrected chi connectivity index (χ3v) is 9.28. The van der Waals surface area contributed by atoms with Crippen molar-refractivity contribution in [2.75, 3.05) is 0 Å². The number of carbonyl (C=O) groups excluding carboxylic acids is 2. The van der Waals surface area contributed by atoms with Crippen molar-refractivity contribution in [3.63, 3.8) is 0 Å². The lowest BCUT2D eigenvalue weighted by molar-refractivity contribution is 0.103. The lowest BCUT2D eigenvalue weighted by Crippen LogP contribution is -2.20. The molecular formula is C48H34N2O6. The fourth-order valence-corrected chi connectivity index (χ4v) is 6.24. The Labute approximate surface area is 322 Å². The first-order valence-electron chi connectivity index (χ1n) is 17.9. The third kappa shape index (κ3) is 7.71. The average molecular weight is 735 g/mol. The van der Waals surface area contributed by atoms with Crippen LogP contribution in [0.25, 0.3) is 22.0 Å². The Hall–Kier alpha value is -7.58. The molecule has 8 aromatic rings. The molecule has 0 saturated heterocycles. The van der Waals surface area contributed by atoms with E-state index in [9.17, 15) is 14.4 Å². The molecular weight excluding hydrogens is 701 g/mol. The average Bonchev–Trinajstić information content (AvgIpc) is 3.24. The highest BCUT2D eigenvalue weighted by molar-refractivity contribution is 6.09. The fourth-order valence-electron chi connectivity index (χ4n) is 6.24. The minimum Gasteiger partial charge on any atom is -0.457 e. The summed E-state index contributed by atoms with van der Waals surface area (Å²) >= 11 is 0. The van der Waals surface area contributed by atoms with E-state index in [1.54, 1.807) is 110 Å². The van der Waals surface area contributed by atoms with E-state index < -0.39 is 0 Å². The van der Waals surface area contributed by atoms with Crippen LogP contribution in [0.3, 0.4) is 0 Å². The van der Waals surface area contributed by atoms with Crippen molar-refractivity contribution >= 4 is 22.3 Å². The number of fused-ring (bicyclic) bond motifs is 1. The molecule has 272 valence electrons. The van der Waals surface area contributed by atoms with Crippen LogP contribution in [0.5, 0.6) is 34.5 Å². The molecule has 0 radical (unpaired) electrons. The van der Waals surface area contributed by atoms with Crippen LogP contribution >= 0.6 is 0 Å². The zero-order valence-corrected chi connectivity index (χ0v) is 30.5. The Balaban J connectivity index is 0.850. The van der Waals surface area contributed by atoms with Gasteiger partial charge in [-0.15, -0.1) is 0 Å². The fraction of sp³-hybridized carbons (Fsp3) is 0.0417. The summed E-state index contributed by atoms with van der Waals surface area (Å²) in [7, 11) is 1.65. The zero-order chi connectivity index (χ0) is 38.6. The van der Waals surface area contributed by atoms with Crippen molar-refractivity contribution in [1.82, 2.24) is 9.78 Å². The van der Waals surface area contributed by atoms with Crippen molar-refractivity contribution in [3.8, 4) is 45.8 Å². The second-order valence-electron chi connectivity index (χ2n) is 13.2. The number of hydrogen-bond donors (Lipinski definition) is 0. The van der Waals surface area contributed by atoms with E-state index in [4.69, 9.17) is 14.2 Å². The van der Waals surface area contributed by atoms with Gasteiger partial charge in [-0.05, 0) is 134 Å². The van der Waals surface area contributed by atoms with Gasteiger partial charge in [0, 0.05) is 40.3 Å². The summed E-state index contributed by atoms with van der Waals surface area (Å²) < 4.78 is 19.4. The van der Waals surface area contributed by atoms with E-state index in [-0.39, 0.29) is 17.1 Å². The molecule has 0 atom stereocenters. The quantitative estimate of drug-likeness (QED) is 0.122. The van der Waals surface area contributed by atoms with Crippen LogP contribution in [0.4, 0.5) is 0 Å². The van der Waals surface area contributed by atoms with Crippen LogP contribution in [0.2, 0.25) is 0 Å². The third-order valence-electron chi connectivity index (χ3n) is 9.28. The zero-order valence-electron chi connectivity index (χ0n) is 30.5. The predicted molar refractivity (Wildman–Crippen MR) is 216 cm³/mol. The summed E-state index contributed by atoms with van der Waals surface area (Å²) in [5, 5.41) is 5.90. The van der Waals surface area contributed by atoms with Crippen LogP contribution in [0, 0.1) is 6.92 Å². The molecule has 0 N–H and O–H groups in total. The maximum atomic E-state index is 13.3. The summed E-state index contributed by atoms with van der Waals surface area (Å²) in [6, 6.07) is 50.7. The van der Waals surface area contributed by atoms with Gasteiger partial charge in [0.1, 0.15) is 34.5 Å². The molecule has 0 fully saturated rings. The number of nitrogens with zero attached hydrogens (tertiary/aromatic N) is 2. The van der Waals surface area contributed by atoms with Gasteiger partial charge >= 0.3 is 0 Å². The molecule has 1 heterocycles. The number of hydrogen-bond acceptors (Lipinski definition) is 7. The number of benzene rings is 7. The van der Waals surface area contributed by atoms with Gasteiger partial charge in [0.05, 0.1) is 11.1 Å². The number of carbonyl (C=O) groups is 2. The van der Waals surface area contributed by atoms with Crippen LogP contribution in [0.15, 0.2) is 175 Å². The Morgan fingerprint density at radius 3 is 1.16 bits per heavy atom. The maximum Gasteiger partial charge on any atom is 0.274 e. The molecule has 0 bridgehead atoms. The highest BCUT2D eigenvalue weighted by atomic mass is 16.5. The van der Waals surface area contributed by atoms with Crippen molar-refractivity contribution in [2.24, 2.45) is 7.05 Å².